The number of esters is 1. The Hall–Kier alpha value is -1.47. The maximum absolute atomic E-state index is 12.0. The number of hydrogen-bond donors (Lipinski definition) is 1. The van der Waals surface area contributed by atoms with Crippen molar-refractivity contribution in [2.45, 2.75) is 25.6 Å². The summed E-state index contributed by atoms with van der Waals surface area (Å²) in [6.45, 7) is 1.47. The molecule has 16 heavy (non-hydrogen) atoms. The highest BCUT2D eigenvalue weighted by atomic mass is 19.4. The molecule has 0 aromatic heterocycles. The van der Waals surface area contributed by atoms with Gasteiger partial charge in [0.15, 0.2) is 0 Å². The monoisotopic (exact) mass is 243 g/mol. The summed E-state index contributed by atoms with van der Waals surface area (Å²) in [5, 5.41) is 1.77. The Bertz CT molecular complexity index is 254. The van der Waals surface area contributed by atoms with Crippen LogP contribution in [0.2, 0.25) is 0 Å². The summed E-state index contributed by atoms with van der Waals surface area (Å²) in [5.41, 5.74) is 0. The van der Waals surface area contributed by atoms with E-state index in [1.165, 1.54) is 6.92 Å². The van der Waals surface area contributed by atoms with Crippen molar-refractivity contribution in [3.8, 4) is 0 Å². The molecule has 0 radical (unpaired) electrons. The van der Waals surface area contributed by atoms with Gasteiger partial charge in [-0.2, -0.15) is 13.2 Å². The number of alkyl halides is 3. The first-order valence-electron chi connectivity index (χ1n) is 4.38. The average Bonchev–Trinajstić information content (AvgIpc) is 2.13. The predicted molar refractivity (Wildman–Crippen MR) is 46.6 cm³/mol. The molecular formula is C8H12F3NO4. The summed E-state index contributed by atoms with van der Waals surface area (Å²) in [5.74, 6) is -1.18. The van der Waals surface area contributed by atoms with E-state index in [-0.39, 0.29) is 6.61 Å². The van der Waals surface area contributed by atoms with Crippen molar-refractivity contribution in [1.82, 2.24) is 5.32 Å². The lowest BCUT2D eigenvalue weighted by Gasteiger charge is -2.17. The van der Waals surface area contributed by atoms with Crippen molar-refractivity contribution in [3.05, 3.63) is 0 Å². The number of methoxy groups -OCH3 is 1. The number of carbonyl (C=O) groups excluding carboxylic acids is 2. The summed E-state index contributed by atoms with van der Waals surface area (Å²) in [4.78, 5) is 21.8. The molecule has 0 aliphatic heterocycles. The summed E-state index contributed by atoms with van der Waals surface area (Å²) >= 11 is 0. The molecule has 0 aliphatic carbocycles. The van der Waals surface area contributed by atoms with Crippen LogP contribution in [0, 0.1) is 0 Å². The van der Waals surface area contributed by atoms with E-state index in [1.54, 1.807) is 5.32 Å². The molecule has 0 heterocycles. The van der Waals surface area contributed by atoms with E-state index in [4.69, 9.17) is 0 Å². The van der Waals surface area contributed by atoms with Crippen LogP contribution in [0.3, 0.4) is 0 Å². The van der Waals surface area contributed by atoms with Crippen LogP contribution in [-0.4, -0.2) is 38.0 Å². The van der Waals surface area contributed by atoms with Gasteiger partial charge in [0.25, 0.3) is 0 Å². The van der Waals surface area contributed by atoms with E-state index < -0.39 is 30.7 Å². The second kappa shape index (κ2) is 6.19. The van der Waals surface area contributed by atoms with Gasteiger partial charge in [-0.15, -0.1) is 0 Å². The quantitative estimate of drug-likeness (QED) is 0.754. The molecule has 1 N–H and O–H groups in total. The SMILES string of the molecule is CCOC(=O)NC(CC(F)(F)F)C(=O)OC. The molecular weight excluding hydrogens is 231 g/mol. The van der Waals surface area contributed by atoms with Crippen LogP contribution in [0.5, 0.6) is 0 Å². The Labute approximate surface area is 89.9 Å². The van der Waals surface area contributed by atoms with Crippen molar-refractivity contribution in [2.75, 3.05) is 13.7 Å². The molecule has 8 heteroatoms. The first-order valence-corrected chi connectivity index (χ1v) is 4.38. The molecule has 5 nitrogen and oxygen atoms in total. The fourth-order valence-corrected chi connectivity index (χ4v) is 0.882. The van der Waals surface area contributed by atoms with E-state index >= 15 is 0 Å². The second-order valence-electron chi connectivity index (χ2n) is 2.76. The van der Waals surface area contributed by atoms with Crippen LogP contribution in [0.25, 0.3) is 0 Å². The molecule has 0 saturated heterocycles. The molecule has 0 aliphatic rings. The van der Waals surface area contributed by atoms with Crippen molar-refractivity contribution in [3.63, 3.8) is 0 Å². The van der Waals surface area contributed by atoms with Crippen LogP contribution in [0.4, 0.5) is 18.0 Å². The van der Waals surface area contributed by atoms with Crippen LogP contribution in [0.1, 0.15) is 13.3 Å². The molecule has 0 saturated carbocycles. The predicted octanol–water partition coefficient (Wildman–Crippen LogP) is 1.23. The standard InChI is InChI=1S/C8H12F3NO4/c1-3-16-7(14)12-5(6(13)15-2)4-8(9,10)11/h5H,3-4H2,1-2H3,(H,12,14). The van der Waals surface area contributed by atoms with Gasteiger partial charge in [0.1, 0.15) is 6.04 Å². The molecule has 94 valence electrons. The van der Waals surface area contributed by atoms with Gasteiger partial charge in [-0.05, 0) is 6.92 Å². The van der Waals surface area contributed by atoms with E-state index in [1.807, 2.05) is 0 Å². The van der Waals surface area contributed by atoms with Gasteiger partial charge in [-0.25, -0.2) is 9.59 Å². The van der Waals surface area contributed by atoms with E-state index in [0.29, 0.717) is 0 Å². The maximum atomic E-state index is 12.0. The lowest BCUT2D eigenvalue weighted by molar-refractivity contribution is -0.160. The summed E-state index contributed by atoms with van der Waals surface area (Å²) < 4.78 is 44.6. The van der Waals surface area contributed by atoms with Gasteiger partial charge >= 0.3 is 18.2 Å². The largest absolute Gasteiger partial charge is 0.467 e. The van der Waals surface area contributed by atoms with Crippen LogP contribution < -0.4 is 5.32 Å². The second-order valence-corrected chi connectivity index (χ2v) is 2.76. The Balaban J connectivity index is 4.44. The van der Waals surface area contributed by atoms with Crippen molar-refractivity contribution in [1.29, 1.82) is 0 Å². The number of amides is 1. The number of alkyl carbamates (subject to hydrolysis) is 1. The highest BCUT2D eigenvalue weighted by Gasteiger charge is 2.37. The molecule has 0 spiro atoms. The van der Waals surface area contributed by atoms with E-state index in [2.05, 4.69) is 9.47 Å². The van der Waals surface area contributed by atoms with Crippen molar-refractivity contribution in [2.24, 2.45) is 0 Å². The minimum Gasteiger partial charge on any atom is -0.467 e. The zero-order chi connectivity index (χ0) is 12.8. The number of hydrogen-bond acceptors (Lipinski definition) is 4. The van der Waals surface area contributed by atoms with Crippen LogP contribution >= 0.6 is 0 Å². The molecule has 0 aromatic carbocycles. The Morgan fingerprint density at radius 2 is 1.94 bits per heavy atom. The highest BCUT2D eigenvalue weighted by Crippen LogP contribution is 2.22. The normalized spacial score (nSPS) is 12.8. The van der Waals surface area contributed by atoms with E-state index in [0.717, 1.165) is 7.11 Å². The molecule has 0 bridgehead atoms. The number of nitrogens with one attached hydrogen (secondary N) is 1. The molecule has 0 rings (SSSR count). The molecule has 1 atom stereocenters. The average molecular weight is 243 g/mol. The van der Waals surface area contributed by atoms with Gasteiger partial charge < -0.3 is 14.8 Å². The minimum absolute atomic E-state index is 0.00819. The number of rotatable bonds is 4. The summed E-state index contributed by atoms with van der Waals surface area (Å²) in [6.07, 6.45) is -7.18. The number of halogens is 3. The molecule has 0 aromatic rings. The maximum Gasteiger partial charge on any atom is 0.407 e. The first kappa shape index (κ1) is 14.5. The van der Waals surface area contributed by atoms with Gasteiger partial charge in [-0.1, -0.05) is 0 Å². The lowest BCUT2D eigenvalue weighted by Crippen LogP contribution is -2.44. The van der Waals surface area contributed by atoms with Gasteiger partial charge in [0.05, 0.1) is 20.1 Å². The Morgan fingerprint density at radius 3 is 2.31 bits per heavy atom. The number of carbonyl (C=O) groups is 2. The third kappa shape index (κ3) is 6.10. The fourth-order valence-electron chi connectivity index (χ4n) is 0.882. The third-order valence-electron chi connectivity index (χ3n) is 1.49. The summed E-state index contributed by atoms with van der Waals surface area (Å²) in [7, 11) is 0.929. The van der Waals surface area contributed by atoms with Crippen LogP contribution in [0.15, 0.2) is 0 Å². The van der Waals surface area contributed by atoms with Gasteiger partial charge in [-0.3, -0.25) is 0 Å². The van der Waals surface area contributed by atoms with Gasteiger partial charge in [0.2, 0.25) is 0 Å². The van der Waals surface area contributed by atoms with Crippen LogP contribution in [-0.2, 0) is 14.3 Å². The van der Waals surface area contributed by atoms with Crippen molar-refractivity contribution >= 4 is 12.1 Å². The topological polar surface area (TPSA) is 64.6 Å². The third-order valence-corrected chi connectivity index (χ3v) is 1.49. The zero-order valence-electron chi connectivity index (χ0n) is 8.76. The fraction of sp³-hybridized carbons (Fsp3) is 0.750. The smallest absolute Gasteiger partial charge is 0.407 e. The molecule has 1 unspecified atom stereocenters. The highest BCUT2D eigenvalue weighted by molar-refractivity contribution is 5.81. The van der Waals surface area contributed by atoms with Gasteiger partial charge in [0, 0.05) is 0 Å². The van der Waals surface area contributed by atoms with E-state index in [9.17, 15) is 22.8 Å². The molecule has 0 fully saturated rings. The minimum atomic E-state index is -4.58. The first-order chi connectivity index (χ1) is 7.30. The Morgan fingerprint density at radius 1 is 1.38 bits per heavy atom. The molecule has 1 amide bonds. The summed E-state index contributed by atoms with van der Waals surface area (Å²) in [6, 6.07) is -1.79. The Kier molecular flexibility index (Phi) is 5.62. The zero-order valence-corrected chi connectivity index (χ0v) is 8.76. The van der Waals surface area contributed by atoms with Crippen molar-refractivity contribution < 1.29 is 32.2 Å². The lowest BCUT2D eigenvalue weighted by atomic mass is 10.2. The number of ether oxygens (including phenoxy) is 2.